The summed E-state index contributed by atoms with van der Waals surface area (Å²) in [5.74, 6) is -1.37. The van der Waals surface area contributed by atoms with E-state index in [1.807, 2.05) is 12.1 Å². The van der Waals surface area contributed by atoms with Crippen LogP contribution in [-0.2, 0) is 14.3 Å². The Balaban J connectivity index is 1.63. The molecule has 1 saturated carbocycles. The van der Waals surface area contributed by atoms with Crippen molar-refractivity contribution in [3.05, 3.63) is 71.8 Å². The van der Waals surface area contributed by atoms with Gasteiger partial charge >= 0.3 is 5.97 Å². The highest BCUT2D eigenvalue weighted by Gasteiger charge is 2.26. The van der Waals surface area contributed by atoms with E-state index >= 15 is 0 Å². The molecule has 6 nitrogen and oxygen atoms in total. The van der Waals surface area contributed by atoms with Gasteiger partial charge < -0.3 is 15.4 Å². The first-order valence-electron chi connectivity index (χ1n) is 9.50. The van der Waals surface area contributed by atoms with E-state index in [2.05, 4.69) is 10.6 Å². The fourth-order valence-electron chi connectivity index (χ4n) is 3.29. The molecule has 2 aromatic rings. The van der Waals surface area contributed by atoms with Crippen LogP contribution >= 0.6 is 0 Å². The summed E-state index contributed by atoms with van der Waals surface area (Å²) in [5.41, 5.74) is 1.03. The summed E-state index contributed by atoms with van der Waals surface area (Å²) < 4.78 is 5.20. The molecule has 1 unspecified atom stereocenters. The lowest BCUT2D eigenvalue weighted by atomic mass is 10.1. The van der Waals surface area contributed by atoms with E-state index in [-0.39, 0.29) is 24.5 Å². The Hall–Kier alpha value is -3.15. The summed E-state index contributed by atoms with van der Waals surface area (Å²) in [6.45, 7) is -0.361. The van der Waals surface area contributed by atoms with Gasteiger partial charge in [-0.05, 0) is 30.5 Å². The molecule has 2 aromatic carbocycles. The molecule has 28 heavy (non-hydrogen) atoms. The monoisotopic (exact) mass is 380 g/mol. The summed E-state index contributed by atoms with van der Waals surface area (Å²) >= 11 is 0. The van der Waals surface area contributed by atoms with Crippen LogP contribution in [0.4, 0.5) is 0 Å². The van der Waals surface area contributed by atoms with Crippen molar-refractivity contribution < 1.29 is 19.1 Å². The molecule has 3 rings (SSSR count). The molecule has 1 atom stereocenters. The van der Waals surface area contributed by atoms with Crippen molar-refractivity contribution in [3.8, 4) is 0 Å². The second kappa shape index (κ2) is 9.69. The van der Waals surface area contributed by atoms with Gasteiger partial charge in [0.25, 0.3) is 11.8 Å². The van der Waals surface area contributed by atoms with Crippen molar-refractivity contribution in [2.24, 2.45) is 0 Å². The van der Waals surface area contributed by atoms with Gasteiger partial charge in [-0.25, -0.2) is 4.79 Å². The number of benzene rings is 2. The number of hydrogen-bond acceptors (Lipinski definition) is 4. The van der Waals surface area contributed by atoms with Gasteiger partial charge in [0.05, 0.1) is 0 Å². The molecule has 0 bridgehead atoms. The molecular formula is C22H24N2O4. The number of rotatable bonds is 7. The smallest absolute Gasteiger partial charge is 0.333 e. The maximum absolute atomic E-state index is 12.6. The quantitative estimate of drug-likeness (QED) is 0.724. The maximum Gasteiger partial charge on any atom is 0.333 e. The van der Waals surface area contributed by atoms with Crippen LogP contribution < -0.4 is 10.6 Å². The van der Waals surface area contributed by atoms with Crippen LogP contribution in [0.25, 0.3) is 0 Å². The van der Waals surface area contributed by atoms with Crippen molar-refractivity contribution in [1.82, 2.24) is 10.6 Å². The van der Waals surface area contributed by atoms with Crippen molar-refractivity contribution in [2.45, 2.75) is 37.8 Å². The van der Waals surface area contributed by atoms with Crippen LogP contribution in [0, 0.1) is 0 Å². The molecule has 0 radical (unpaired) electrons. The summed E-state index contributed by atoms with van der Waals surface area (Å²) in [4.78, 5) is 37.2. The second-order valence-electron chi connectivity index (χ2n) is 6.84. The van der Waals surface area contributed by atoms with Crippen LogP contribution in [0.15, 0.2) is 60.7 Å². The number of ether oxygens (including phenoxy) is 1. The van der Waals surface area contributed by atoms with E-state index in [0.29, 0.717) is 11.1 Å². The van der Waals surface area contributed by atoms with Crippen molar-refractivity contribution >= 4 is 17.8 Å². The number of carbonyl (C=O) groups is 3. The molecule has 6 heteroatoms. The van der Waals surface area contributed by atoms with E-state index < -0.39 is 12.0 Å². The van der Waals surface area contributed by atoms with Crippen LogP contribution in [0.5, 0.6) is 0 Å². The minimum Gasteiger partial charge on any atom is -0.454 e. The predicted octanol–water partition coefficient (Wildman–Crippen LogP) is 2.76. The third-order valence-corrected chi connectivity index (χ3v) is 4.75. The zero-order chi connectivity index (χ0) is 19.8. The number of esters is 1. The molecule has 1 fully saturated rings. The lowest BCUT2D eigenvalue weighted by molar-refractivity contribution is -0.150. The SMILES string of the molecule is O=C(COC(=O)C(NC(=O)c1ccccc1)c1ccccc1)NC1CCCC1. The highest BCUT2D eigenvalue weighted by Crippen LogP contribution is 2.18. The predicted molar refractivity (Wildman–Crippen MR) is 104 cm³/mol. The molecule has 2 N–H and O–H groups in total. The van der Waals surface area contributed by atoms with Crippen LogP contribution in [0.3, 0.4) is 0 Å². The van der Waals surface area contributed by atoms with E-state index in [1.54, 1.807) is 48.5 Å². The zero-order valence-corrected chi connectivity index (χ0v) is 15.6. The molecule has 0 spiro atoms. The van der Waals surface area contributed by atoms with Gasteiger partial charge in [-0.1, -0.05) is 61.4 Å². The molecule has 1 aliphatic carbocycles. The molecule has 146 valence electrons. The highest BCUT2D eigenvalue weighted by atomic mass is 16.5. The van der Waals surface area contributed by atoms with E-state index in [4.69, 9.17) is 4.74 Å². The Morgan fingerprint density at radius 2 is 1.54 bits per heavy atom. The van der Waals surface area contributed by atoms with Crippen molar-refractivity contribution in [2.75, 3.05) is 6.61 Å². The van der Waals surface area contributed by atoms with E-state index in [1.165, 1.54) is 0 Å². The number of nitrogens with one attached hydrogen (secondary N) is 2. The lowest BCUT2D eigenvalue weighted by Gasteiger charge is -2.18. The minimum atomic E-state index is -0.992. The topological polar surface area (TPSA) is 84.5 Å². The Bertz CT molecular complexity index is 802. The molecular weight excluding hydrogens is 356 g/mol. The zero-order valence-electron chi connectivity index (χ0n) is 15.6. The second-order valence-corrected chi connectivity index (χ2v) is 6.84. The largest absolute Gasteiger partial charge is 0.454 e. The molecule has 0 aromatic heterocycles. The number of carbonyl (C=O) groups excluding carboxylic acids is 3. The maximum atomic E-state index is 12.6. The fourth-order valence-corrected chi connectivity index (χ4v) is 3.29. The van der Waals surface area contributed by atoms with Gasteiger partial charge in [0, 0.05) is 11.6 Å². The summed E-state index contributed by atoms with van der Waals surface area (Å²) in [6.07, 6.45) is 4.12. The first-order chi connectivity index (χ1) is 13.6. The molecule has 1 aliphatic rings. The van der Waals surface area contributed by atoms with Crippen molar-refractivity contribution in [3.63, 3.8) is 0 Å². The van der Waals surface area contributed by atoms with Gasteiger partial charge in [0.15, 0.2) is 12.6 Å². The molecule has 0 saturated heterocycles. The van der Waals surface area contributed by atoms with Crippen LogP contribution in [0.2, 0.25) is 0 Å². The first kappa shape index (κ1) is 19.6. The van der Waals surface area contributed by atoms with Gasteiger partial charge in [-0.15, -0.1) is 0 Å². The van der Waals surface area contributed by atoms with E-state index in [0.717, 1.165) is 25.7 Å². The first-order valence-corrected chi connectivity index (χ1v) is 9.50. The van der Waals surface area contributed by atoms with Crippen LogP contribution in [-0.4, -0.2) is 30.4 Å². The van der Waals surface area contributed by atoms with Crippen molar-refractivity contribution in [1.29, 1.82) is 0 Å². The Labute approximate surface area is 164 Å². The highest BCUT2D eigenvalue weighted by molar-refractivity contribution is 5.97. The molecule has 2 amide bonds. The number of amides is 2. The standard InChI is InChI=1S/C22H24N2O4/c25-19(23-18-13-7-8-14-18)15-28-22(27)20(16-9-3-1-4-10-16)24-21(26)17-11-5-2-6-12-17/h1-6,9-12,18,20H,7-8,13-15H2,(H,23,25)(H,24,26). The fraction of sp³-hybridized carbons (Fsp3) is 0.318. The normalized spacial score (nSPS) is 14.9. The average Bonchev–Trinajstić information content (AvgIpc) is 3.24. The van der Waals surface area contributed by atoms with Gasteiger partial charge in [0.1, 0.15) is 0 Å². The van der Waals surface area contributed by atoms with Gasteiger partial charge in [-0.2, -0.15) is 0 Å². The number of hydrogen-bond donors (Lipinski definition) is 2. The Morgan fingerprint density at radius 3 is 2.18 bits per heavy atom. The summed E-state index contributed by atoms with van der Waals surface area (Å²) in [7, 11) is 0. The van der Waals surface area contributed by atoms with Gasteiger partial charge in [0.2, 0.25) is 0 Å². The average molecular weight is 380 g/mol. The lowest BCUT2D eigenvalue weighted by Crippen LogP contribution is -2.39. The minimum absolute atomic E-state index is 0.161. The summed E-state index contributed by atoms with van der Waals surface area (Å²) in [6, 6.07) is 16.6. The molecule has 0 aliphatic heterocycles. The van der Waals surface area contributed by atoms with Crippen LogP contribution in [0.1, 0.15) is 47.6 Å². The third kappa shape index (κ3) is 5.42. The summed E-state index contributed by atoms with van der Waals surface area (Å²) in [5, 5.41) is 5.58. The van der Waals surface area contributed by atoms with E-state index in [9.17, 15) is 14.4 Å². The Kier molecular flexibility index (Phi) is 6.78. The third-order valence-electron chi connectivity index (χ3n) is 4.75. The Morgan fingerprint density at radius 1 is 0.929 bits per heavy atom. The van der Waals surface area contributed by atoms with Gasteiger partial charge in [-0.3, -0.25) is 9.59 Å². The molecule has 0 heterocycles.